The van der Waals surface area contributed by atoms with Crippen LogP contribution in [0.4, 0.5) is 10.1 Å². The average Bonchev–Trinajstić information content (AvgIpc) is 3.26. The van der Waals surface area contributed by atoms with E-state index in [1.165, 1.54) is 18.2 Å². The quantitative estimate of drug-likeness (QED) is 0.393. The molecule has 1 aliphatic heterocycles. The van der Waals surface area contributed by atoms with E-state index >= 15 is 0 Å². The molecular formula is C26H22FN3O5. The standard InChI is InChI=1S/C26H22FN3O5/c1-15-24-20(13-21(28-25(24)35-29-15)16-5-7-18(27)8-6-16)26(32)34-14-23(31)30-11-3-4-17-12-19(33-2)9-10-22(17)30/h5-10,12-13H,3-4,11,14H2,1-2H3. The first-order valence-corrected chi connectivity index (χ1v) is 11.1. The molecule has 2 aromatic carbocycles. The smallest absolute Gasteiger partial charge is 0.339 e. The fourth-order valence-electron chi connectivity index (χ4n) is 4.27. The highest BCUT2D eigenvalue weighted by atomic mass is 19.1. The van der Waals surface area contributed by atoms with E-state index in [2.05, 4.69) is 10.1 Å². The van der Waals surface area contributed by atoms with E-state index in [0.717, 1.165) is 29.8 Å². The van der Waals surface area contributed by atoms with Crippen LogP contribution in [-0.4, -0.2) is 42.3 Å². The highest BCUT2D eigenvalue weighted by Crippen LogP contribution is 2.31. The van der Waals surface area contributed by atoms with E-state index in [9.17, 15) is 14.0 Å². The summed E-state index contributed by atoms with van der Waals surface area (Å²) < 4.78 is 29.4. The molecule has 178 valence electrons. The second-order valence-electron chi connectivity index (χ2n) is 8.23. The van der Waals surface area contributed by atoms with Crippen molar-refractivity contribution >= 4 is 28.7 Å². The SMILES string of the molecule is COc1ccc2c(c1)CCCN2C(=O)COC(=O)c1cc(-c2ccc(F)cc2)nc2onc(C)c12. The first-order chi connectivity index (χ1) is 16.9. The van der Waals surface area contributed by atoms with Crippen molar-refractivity contribution in [2.45, 2.75) is 19.8 Å². The third kappa shape index (κ3) is 4.32. The number of fused-ring (bicyclic) bond motifs is 2. The summed E-state index contributed by atoms with van der Waals surface area (Å²) in [5.41, 5.74) is 3.58. The van der Waals surface area contributed by atoms with Crippen molar-refractivity contribution in [2.24, 2.45) is 0 Å². The number of aryl methyl sites for hydroxylation is 2. The number of carbonyl (C=O) groups is 2. The van der Waals surface area contributed by atoms with Crippen molar-refractivity contribution < 1.29 is 28.0 Å². The monoisotopic (exact) mass is 475 g/mol. The topological polar surface area (TPSA) is 94.8 Å². The lowest BCUT2D eigenvalue weighted by Gasteiger charge is -2.29. The number of aromatic nitrogens is 2. The van der Waals surface area contributed by atoms with Gasteiger partial charge < -0.3 is 18.9 Å². The number of hydrogen-bond acceptors (Lipinski definition) is 7. The Morgan fingerprint density at radius 1 is 1.14 bits per heavy atom. The zero-order chi connectivity index (χ0) is 24.5. The van der Waals surface area contributed by atoms with E-state index in [1.54, 1.807) is 37.1 Å². The summed E-state index contributed by atoms with van der Waals surface area (Å²) in [6.45, 7) is 1.80. The summed E-state index contributed by atoms with van der Waals surface area (Å²) in [5.74, 6) is -0.684. The van der Waals surface area contributed by atoms with Crippen LogP contribution in [-0.2, 0) is 16.0 Å². The van der Waals surface area contributed by atoms with Gasteiger partial charge in [0.15, 0.2) is 6.61 Å². The normalized spacial score (nSPS) is 12.9. The summed E-state index contributed by atoms with van der Waals surface area (Å²) in [7, 11) is 1.60. The third-order valence-corrected chi connectivity index (χ3v) is 6.01. The highest BCUT2D eigenvalue weighted by Gasteiger charge is 2.26. The molecule has 5 rings (SSSR count). The minimum atomic E-state index is -0.702. The van der Waals surface area contributed by atoms with E-state index in [-0.39, 0.29) is 23.0 Å². The molecule has 0 saturated heterocycles. The summed E-state index contributed by atoms with van der Waals surface area (Å²) in [5, 5.41) is 4.31. The number of methoxy groups -OCH3 is 1. The van der Waals surface area contributed by atoms with Gasteiger partial charge in [-0.05, 0) is 73.9 Å². The molecule has 0 aliphatic carbocycles. The summed E-state index contributed by atoms with van der Waals surface area (Å²) in [6, 6.07) is 12.8. The highest BCUT2D eigenvalue weighted by molar-refractivity contribution is 6.05. The van der Waals surface area contributed by atoms with Crippen molar-refractivity contribution in [1.29, 1.82) is 0 Å². The van der Waals surface area contributed by atoms with Crippen molar-refractivity contribution in [1.82, 2.24) is 10.1 Å². The number of ether oxygens (including phenoxy) is 2. The van der Waals surface area contributed by atoms with Crippen LogP contribution in [0.2, 0.25) is 0 Å². The molecule has 1 aliphatic rings. The number of nitrogens with zero attached hydrogens (tertiary/aromatic N) is 3. The van der Waals surface area contributed by atoms with Gasteiger partial charge >= 0.3 is 5.97 Å². The second-order valence-corrected chi connectivity index (χ2v) is 8.23. The molecule has 0 spiro atoms. The number of anilines is 1. The van der Waals surface area contributed by atoms with Crippen molar-refractivity contribution in [3.8, 4) is 17.0 Å². The van der Waals surface area contributed by atoms with Crippen LogP contribution in [0.3, 0.4) is 0 Å². The Bertz CT molecular complexity index is 1430. The lowest BCUT2D eigenvalue weighted by atomic mass is 10.0. The van der Waals surface area contributed by atoms with Gasteiger partial charge in [-0.3, -0.25) is 4.79 Å². The Kier molecular flexibility index (Phi) is 5.90. The van der Waals surface area contributed by atoms with Crippen LogP contribution in [0.25, 0.3) is 22.4 Å². The fourth-order valence-corrected chi connectivity index (χ4v) is 4.27. The van der Waals surface area contributed by atoms with Gasteiger partial charge in [-0.1, -0.05) is 5.16 Å². The number of esters is 1. The van der Waals surface area contributed by atoms with Gasteiger partial charge in [-0.25, -0.2) is 14.2 Å². The zero-order valence-electron chi connectivity index (χ0n) is 19.2. The lowest BCUT2D eigenvalue weighted by molar-refractivity contribution is -0.121. The van der Waals surface area contributed by atoms with Crippen LogP contribution in [0, 0.1) is 12.7 Å². The summed E-state index contributed by atoms with van der Waals surface area (Å²) in [6.07, 6.45) is 1.63. The van der Waals surface area contributed by atoms with Gasteiger partial charge in [0.05, 0.1) is 29.4 Å². The summed E-state index contributed by atoms with van der Waals surface area (Å²) in [4.78, 5) is 32.1. The first kappa shape index (κ1) is 22.5. The zero-order valence-corrected chi connectivity index (χ0v) is 19.2. The number of benzene rings is 2. The lowest BCUT2D eigenvalue weighted by Crippen LogP contribution is -2.38. The Morgan fingerprint density at radius 2 is 1.94 bits per heavy atom. The maximum Gasteiger partial charge on any atom is 0.339 e. The summed E-state index contributed by atoms with van der Waals surface area (Å²) >= 11 is 0. The Morgan fingerprint density at radius 3 is 2.71 bits per heavy atom. The molecule has 35 heavy (non-hydrogen) atoms. The maximum absolute atomic E-state index is 13.4. The Hall–Kier alpha value is -4.27. The molecule has 2 aromatic heterocycles. The average molecular weight is 475 g/mol. The van der Waals surface area contributed by atoms with Gasteiger partial charge in [0.2, 0.25) is 0 Å². The number of hydrogen-bond donors (Lipinski definition) is 0. The molecule has 0 atom stereocenters. The molecular weight excluding hydrogens is 453 g/mol. The van der Waals surface area contributed by atoms with Crippen LogP contribution in [0.15, 0.2) is 53.1 Å². The fraction of sp³-hybridized carbons (Fsp3) is 0.231. The molecule has 0 unspecified atom stereocenters. The number of carbonyl (C=O) groups excluding carboxylic acids is 2. The minimum Gasteiger partial charge on any atom is -0.497 e. The van der Waals surface area contributed by atoms with Gasteiger partial charge in [0.1, 0.15) is 11.6 Å². The predicted molar refractivity (Wildman–Crippen MR) is 126 cm³/mol. The number of pyridine rings is 1. The second kappa shape index (κ2) is 9.17. The van der Waals surface area contributed by atoms with Crippen LogP contribution < -0.4 is 9.64 Å². The molecule has 0 radical (unpaired) electrons. The molecule has 8 nitrogen and oxygen atoms in total. The minimum absolute atomic E-state index is 0.154. The largest absolute Gasteiger partial charge is 0.497 e. The van der Waals surface area contributed by atoms with Crippen molar-refractivity contribution in [3.05, 3.63) is 71.2 Å². The van der Waals surface area contributed by atoms with Crippen LogP contribution >= 0.6 is 0 Å². The van der Waals surface area contributed by atoms with Gasteiger partial charge in [-0.2, -0.15) is 0 Å². The Labute approximate surface area is 200 Å². The van der Waals surface area contributed by atoms with E-state index in [1.807, 2.05) is 12.1 Å². The van der Waals surface area contributed by atoms with Crippen molar-refractivity contribution in [3.63, 3.8) is 0 Å². The maximum atomic E-state index is 13.4. The molecule has 1 amide bonds. The Balaban J connectivity index is 1.39. The van der Waals surface area contributed by atoms with Crippen LogP contribution in [0.1, 0.15) is 28.0 Å². The van der Waals surface area contributed by atoms with Crippen molar-refractivity contribution in [2.75, 3.05) is 25.2 Å². The molecule has 0 saturated carbocycles. The van der Waals surface area contributed by atoms with Gasteiger partial charge in [0.25, 0.3) is 11.6 Å². The molecule has 4 aromatic rings. The number of rotatable bonds is 5. The van der Waals surface area contributed by atoms with E-state index in [0.29, 0.717) is 28.9 Å². The first-order valence-electron chi connectivity index (χ1n) is 11.1. The van der Waals surface area contributed by atoms with E-state index in [4.69, 9.17) is 14.0 Å². The van der Waals surface area contributed by atoms with Gasteiger partial charge in [0, 0.05) is 17.8 Å². The third-order valence-electron chi connectivity index (χ3n) is 6.01. The number of amides is 1. The van der Waals surface area contributed by atoms with Gasteiger partial charge in [-0.15, -0.1) is 0 Å². The van der Waals surface area contributed by atoms with E-state index < -0.39 is 12.6 Å². The molecule has 0 fully saturated rings. The van der Waals surface area contributed by atoms with Crippen LogP contribution in [0.5, 0.6) is 5.75 Å². The molecule has 0 N–H and O–H groups in total. The molecule has 9 heteroatoms. The predicted octanol–water partition coefficient (Wildman–Crippen LogP) is 4.48. The molecule has 3 heterocycles. The molecule has 0 bridgehead atoms. The number of halogens is 1.